The molecule has 152 valence electrons. The Hall–Kier alpha value is -2.22. The predicted molar refractivity (Wildman–Crippen MR) is 119 cm³/mol. The van der Waals surface area contributed by atoms with Crippen LogP contribution in [0.3, 0.4) is 0 Å². The second kappa shape index (κ2) is 8.65. The van der Waals surface area contributed by atoms with Crippen LogP contribution < -0.4 is 5.32 Å². The lowest BCUT2D eigenvalue weighted by atomic mass is 10.1. The van der Waals surface area contributed by atoms with Gasteiger partial charge in [0.1, 0.15) is 5.65 Å². The number of rotatable bonds is 5. The molecule has 2 aromatic heterocycles. The van der Waals surface area contributed by atoms with E-state index in [1.807, 2.05) is 54.8 Å². The summed E-state index contributed by atoms with van der Waals surface area (Å²) >= 11 is 3.50. The molecule has 0 spiro atoms. The molecule has 0 aliphatic carbocycles. The van der Waals surface area contributed by atoms with Crippen LogP contribution in [0, 0.1) is 13.8 Å². The van der Waals surface area contributed by atoms with E-state index in [2.05, 4.69) is 37.2 Å². The number of nitrogens with one attached hydrogen (secondary N) is 1. The van der Waals surface area contributed by atoms with Crippen LogP contribution in [0.1, 0.15) is 16.8 Å². The van der Waals surface area contributed by atoms with Gasteiger partial charge in [-0.3, -0.25) is 14.6 Å². The molecule has 7 heteroatoms. The summed E-state index contributed by atoms with van der Waals surface area (Å²) in [5.74, 6) is 0.0572. The Morgan fingerprint density at radius 2 is 1.72 bits per heavy atom. The van der Waals surface area contributed by atoms with Crippen molar-refractivity contribution >= 4 is 33.2 Å². The standard InChI is InChI=1S/C22H26BrN5O/c1-16-4-3-5-17(2)22(16)25-21(29)15-27-10-8-26(9-11-27)13-19-14-28-12-18(23)6-7-20(28)24-19/h3-7,12,14H,8-11,13,15H2,1-2H3,(H,25,29). The number of imidazole rings is 1. The highest BCUT2D eigenvalue weighted by Crippen LogP contribution is 2.19. The Labute approximate surface area is 179 Å². The Kier molecular flexibility index (Phi) is 5.99. The summed E-state index contributed by atoms with van der Waals surface area (Å²) in [5.41, 5.74) is 5.18. The summed E-state index contributed by atoms with van der Waals surface area (Å²) in [5, 5.41) is 3.09. The fourth-order valence-corrected chi connectivity index (χ4v) is 4.17. The molecular weight excluding hydrogens is 430 g/mol. The lowest BCUT2D eigenvalue weighted by Gasteiger charge is -2.33. The van der Waals surface area contributed by atoms with E-state index >= 15 is 0 Å². The van der Waals surface area contributed by atoms with Gasteiger partial charge in [0.2, 0.25) is 5.91 Å². The molecule has 3 aromatic rings. The minimum atomic E-state index is 0.0572. The molecule has 1 aliphatic rings. The van der Waals surface area contributed by atoms with Crippen molar-refractivity contribution in [2.75, 3.05) is 38.0 Å². The molecule has 1 saturated heterocycles. The molecule has 0 saturated carbocycles. The van der Waals surface area contributed by atoms with E-state index in [0.29, 0.717) is 6.54 Å². The number of anilines is 1. The van der Waals surface area contributed by atoms with Crippen LogP contribution in [0.15, 0.2) is 47.2 Å². The molecule has 0 bridgehead atoms. The van der Waals surface area contributed by atoms with Gasteiger partial charge >= 0.3 is 0 Å². The predicted octanol–water partition coefficient (Wildman–Crippen LogP) is 3.47. The van der Waals surface area contributed by atoms with Crippen molar-refractivity contribution in [3.05, 3.63) is 64.0 Å². The summed E-state index contributed by atoms with van der Waals surface area (Å²) < 4.78 is 3.09. The Morgan fingerprint density at radius 1 is 1.03 bits per heavy atom. The van der Waals surface area contributed by atoms with Crippen molar-refractivity contribution in [1.29, 1.82) is 0 Å². The van der Waals surface area contributed by atoms with E-state index in [9.17, 15) is 4.79 Å². The summed E-state index contributed by atoms with van der Waals surface area (Å²) in [6.45, 7) is 8.98. The Bertz CT molecular complexity index is 1000. The van der Waals surface area contributed by atoms with Crippen LogP contribution in [0.25, 0.3) is 5.65 Å². The maximum absolute atomic E-state index is 12.5. The summed E-state index contributed by atoms with van der Waals surface area (Å²) in [4.78, 5) is 21.8. The maximum atomic E-state index is 12.5. The molecule has 1 N–H and O–H groups in total. The number of aryl methyl sites for hydroxylation is 2. The number of fused-ring (bicyclic) bond motifs is 1. The first-order chi connectivity index (χ1) is 14.0. The van der Waals surface area contributed by atoms with Crippen LogP contribution in [-0.4, -0.2) is 57.8 Å². The lowest BCUT2D eigenvalue weighted by Crippen LogP contribution is -2.48. The molecule has 1 amide bonds. The number of carbonyl (C=O) groups is 1. The molecule has 1 aromatic carbocycles. The zero-order valence-corrected chi connectivity index (χ0v) is 18.4. The quantitative estimate of drug-likeness (QED) is 0.639. The Balaban J connectivity index is 1.28. The smallest absolute Gasteiger partial charge is 0.238 e. The second-order valence-corrected chi connectivity index (χ2v) is 8.63. The summed E-state index contributed by atoms with van der Waals surface area (Å²) in [7, 11) is 0. The molecule has 3 heterocycles. The number of amides is 1. The SMILES string of the molecule is Cc1cccc(C)c1NC(=O)CN1CCN(Cc2cn3cc(Br)ccc3n2)CC1. The highest BCUT2D eigenvalue weighted by Gasteiger charge is 2.20. The van der Waals surface area contributed by atoms with Gasteiger partial charge in [-0.2, -0.15) is 0 Å². The molecule has 4 rings (SSSR count). The number of pyridine rings is 1. The van der Waals surface area contributed by atoms with E-state index in [1.54, 1.807) is 0 Å². The molecule has 1 aliphatic heterocycles. The fourth-order valence-electron chi connectivity index (χ4n) is 3.82. The third-order valence-corrected chi connectivity index (χ3v) is 5.90. The number of hydrogen-bond acceptors (Lipinski definition) is 4. The van der Waals surface area contributed by atoms with Crippen LogP contribution >= 0.6 is 15.9 Å². The van der Waals surface area contributed by atoms with Gasteiger partial charge in [-0.1, -0.05) is 18.2 Å². The van der Waals surface area contributed by atoms with Crippen LogP contribution in [0.2, 0.25) is 0 Å². The number of para-hydroxylation sites is 1. The number of halogens is 1. The first-order valence-electron chi connectivity index (χ1n) is 9.92. The van der Waals surface area contributed by atoms with E-state index in [1.165, 1.54) is 0 Å². The molecule has 1 fully saturated rings. The van der Waals surface area contributed by atoms with Crippen LogP contribution in [0.4, 0.5) is 5.69 Å². The van der Waals surface area contributed by atoms with Crippen LogP contribution in [-0.2, 0) is 11.3 Å². The number of nitrogens with zero attached hydrogens (tertiary/aromatic N) is 4. The number of carbonyl (C=O) groups excluding carboxylic acids is 1. The molecule has 29 heavy (non-hydrogen) atoms. The van der Waals surface area contributed by atoms with E-state index in [-0.39, 0.29) is 5.91 Å². The van der Waals surface area contributed by atoms with Gasteiger partial charge in [0.05, 0.1) is 12.2 Å². The van der Waals surface area contributed by atoms with Gasteiger partial charge in [0, 0.05) is 55.3 Å². The van der Waals surface area contributed by atoms with E-state index in [0.717, 1.165) is 65.4 Å². The number of benzene rings is 1. The minimum Gasteiger partial charge on any atom is -0.324 e. The van der Waals surface area contributed by atoms with Crippen molar-refractivity contribution < 1.29 is 4.79 Å². The number of piperazine rings is 1. The lowest BCUT2D eigenvalue weighted by molar-refractivity contribution is -0.117. The molecular formula is C22H26BrN5O. The highest BCUT2D eigenvalue weighted by atomic mass is 79.9. The average Bonchev–Trinajstić information content (AvgIpc) is 3.08. The van der Waals surface area contributed by atoms with Gasteiger partial charge in [-0.25, -0.2) is 4.98 Å². The summed E-state index contributed by atoms with van der Waals surface area (Å²) in [6, 6.07) is 10.1. The monoisotopic (exact) mass is 455 g/mol. The minimum absolute atomic E-state index is 0.0572. The second-order valence-electron chi connectivity index (χ2n) is 7.71. The van der Waals surface area contributed by atoms with Gasteiger partial charge < -0.3 is 9.72 Å². The van der Waals surface area contributed by atoms with Crippen molar-refractivity contribution in [3.63, 3.8) is 0 Å². The molecule has 0 unspecified atom stereocenters. The van der Waals surface area contributed by atoms with Crippen molar-refractivity contribution in [3.8, 4) is 0 Å². The van der Waals surface area contributed by atoms with Gasteiger partial charge in [0.25, 0.3) is 0 Å². The normalized spacial score (nSPS) is 15.7. The third kappa shape index (κ3) is 4.86. The molecule has 6 nitrogen and oxygen atoms in total. The van der Waals surface area contributed by atoms with Gasteiger partial charge in [-0.15, -0.1) is 0 Å². The number of aromatic nitrogens is 2. The zero-order chi connectivity index (χ0) is 20.4. The molecule has 0 atom stereocenters. The van der Waals surface area contributed by atoms with E-state index < -0.39 is 0 Å². The Morgan fingerprint density at radius 3 is 2.45 bits per heavy atom. The van der Waals surface area contributed by atoms with Crippen molar-refractivity contribution in [2.24, 2.45) is 0 Å². The molecule has 0 radical (unpaired) electrons. The topological polar surface area (TPSA) is 52.9 Å². The zero-order valence-electron chi connectivity index (χ0n) is 16.9. The average molecular weight is 456 g/mol. The van der Waals surface area contributed by atoms with Gasteiger partial charge in [0.15, 0.2) is 0 Å². The first-order valence-corrected chi connectivity index (χ1v) is 10.7. The first kappa shape index (κ1) is 20.1. The van der Waals surface area contributed by atoms with E-state index in [4.69, 9.17) is 4.98 Å². The largest absolute Gasteiger partial charge is 0.324 e. The third-order valence-electron chi connectivity index (χ3n) is 5.43. The van der Waals surface area contributed by atoms with Gasteiger partial charge in [-0.05, 0) is 53.0 Å². The number of hydrogen-bond donors (Lipinski definition) is 1. The van der Waals surface area contributed by atoms with Crippen molar-refractivity contribution in [2.45, 2.75) is 20.4 Å². The fraction of sp³-hybridized carbons (Fsp3) is 0.364. The highest BCUT2D eigenvalue weighted by molar-refractivity contribution is 9.10. The van der Waals surface area contributed by atoms with Crippen molar-refractivity contribution in [1.82, 2.24) is 19.2 Å². The van der Waals surface area contributed by atoms with Crippen LogP contribution in [0.5, 0.6) is 0 Å². The summed E-state index contributed by atoms with van der Waals surface area (Å²) in [6.07, 6.45) is 4.11. The maximum Gasteiger partial charge on any atom is 0.238 e.